The zero-order chi connectivity index (χ0) is 21.1. The van der Waals surface area contributed by atoms with E-state index >= 15 is 0 Å². The number of hydrogen-bond acceptors (Lipinski definition) is 4. The Kier molecular flexibility index (Phi) is 6.44. The maximum atomic E-state index is 13.8. The molecule has 0 aliphatic rings. The van der Waals surface area contributed by atoms with Gasteiger partial charge in [0.1, 0.15) is 11.4 Å². The van der Waals surface area contributed by atoms with Gasteiger partial charge in [-0.2, -0.15) is 0 Å². The van der Waals surface area contributed by atoms with Crippen molar-refractivity contribution in [3.05, 3.63) is 58.4 Å². The monoisotopic (exact) mass is 387 g/mol. The lowest BCUT2D eigenvalue weighted by Crippen LogP contribution is -2.32. The van der Waals surface area contributed by atoms with Gasteiger partial charge < -0.3 is 14.8 Å². The average Bonchev–Trinajstić information content (AvgIpc) is 2.60. The molecule has 0 saturated carbocycles. The summed E-state index contributed by atoms with van der Waals surface area (Å²) < 4.78 is 23.9. The fourth-order valence-corrected chi connectivity index (χ4v) is 2.77. The highest BCUT2D eigenvalue weighted by atomic mass is 19.1. The number of nitrogens with one attached hydrogen (secondary N) is 1. The fourth-order valence-electron chi connectivity index (χ4n) is 2.77. The third-order valence-corrected chi connectivity index (χ3v) is 4.07. The highest BCUT2D eigenvalue weighted by Gasteiger charge is 2.17. The Labute approximate surface area is 164 Å². The number of carbonyl (C=O) groups is 2. The standard InChI is InChI=1S/C22H26FNO4/c1-13-8-19(23)14(2)7-18(13)16-9-15(10-17(11-16)20(25)27-6)12-24-21(26)28-22(3,4)5/h7-11H,12H2,1-6H3,(H,24,26). The Morgan fingerprint density at radius 1 is 1.04 bits per heavy atom. The molecule has 28 heavy (non-hydrogen) atoms. The fraction of sp³-hybridized carbons (Fsp3) is 0.364. The van der Waals surface area contributed by atoms with Crippen molar-refractivity contribution in [1.29, 1.82) is 0 Å². The van der Waals surface area contributed by atoms with E-state index in [4.69, 9.17) is 9.47 Å². The summed E-state index contributed by atoms with van der Waals surface area (Å²) in [6, 6.07) is 8.41. The van der Waals surface area contributed by atoms with E-state index in [1.54, 1.807) is 52.8 Å². The van der Waals surface area contributed by atoms with E-state index in [1.165, 1.54) is 13.2 Å². The van der Waals surface area contributed by atoms with E-state index in [-0.39, 0.29) is 12.4 Å². The normalized spacial score (nSPS) is 11.1. The Bertz CT molecular complexity index is 900. The van der Waals surface area contributed by atoms with Gasteiger partial charge in [0.25, 0.3) is 0 Å². The first-order valence-electron chi connectivity index (χ1n) is 8.96. The molecule has 1 N–H and O–H groups in total. The van der Waals surface area contributed by atoms with E-state index < -0.39 is 17.7 Å². The van der Waals surface area contributed by atoms with Crippen molar-refractivity contribution >= 4 is 12.1 Å². The second-order valence-corrected chi connectivity index (χ2v) is 7.68. The van der Waals surface area contributed by atoms with Gasteiger partial charge in [0.15, 0.2) is 0 Å². The number of carbonyl (C=O) groups excluding carboxylic acids is 2. The molecule has 2 aromatic carbocycles. The number of rotatable bonds is 4. The summed E-state index contributed by atoms with van der Waals surface area (Å²) in [5, 5.41) is 2.68. The van der Waals surface area contributed by atoms with E-state index in [1.807, 2.05) is 6.07 Å². The summed E-state index contributed by atoms with van der Waals surface area (Å²) in [5.41, 5.74) is 3.25. The Balaban J connectivity index is 2.39. The zero-order valence-corrected chi connectivity index (χ0v) is 17.1. The van der Waals surface area contributed by atoms with Crippen LogP contribution in [0.5, 0.6) is 0 Å². The van der Waals surface area contributed by atoms with Crippen LogP contribution in [0.3, 0.4) is 0 Å². The number of benzene rings is 2. The lowest BCUT2D eigenvalue weighted by molar-refractivity contribution is 0.0523. The third kappa shape index (κ3) is 5.55. The summed E-state index contributed by atoms with van der Waals surface area (Å²) in [5.74, 6) is -0.769. The van der Waals surface area contributed by atoms with Crippen LogP contribution in [-0.2, 0) is 16.0 Å². The quantitative estimate of drug-likeness (QED) is 0.756. The van der Waals surface area contributed by atoms with Crippen molar-refractivity contribution < 1.29 is 23.5 Å². The molecule has 0 fully saturated rings. The van der Waals surface area contributed by atoms with E-state index in [0.717, 1.165) is 16.7 Å². The molecular formula is C22H26FNO4. The Morgan fingerprint density at radius 2 is 1.71 bits per heavy atom. The minimum Gasteiger partial charge on any atom is -0.465 e. The molecule has 0 unspecified atom stereocenters. The molecule has 6 heteroatoms. The second-order valence-electron chi connectivity index (χ2n) is 7.68. The molecule has 2 aromatic rings. The molecule has 2 rings (SSSR count). The molecule has 0 spiro atoms. The zero-order valence-electron chi connectivity index (χ0n) is 17.1. The third-order valence-electron chi connectivity index (χ3n) is 4.07. The Morgan fingerprint density at radius 3 is 2.32 bits per heavy atom. The average molecular weight is 387 g/mol. The van der Waals surface area contributed by atoms with Gasteiger partial charge in [0.05, 0.1) is 12.7 Å². The van der Waals surface area contributed by atoms with Crippen molar-refractivity contribution in [1.82, 2.24) is 5.32 Å². The van der Waals surface area contributed by atoms with Crippen LogP contribution in [0.2, 0.25) is 0 Å². The first-order chi connectivity index (χ1) is 13.0. The molecule has 0 heterocycles. The SMILES string of the molecule is COC(=O)c1cc(CNC(=O)OC(C)(C)C)cc(-c2cc(C)c(F)cc2C)c1. The van der Waals surface area contributed by atoms with E-state index in [2.05, 4.69) is 5.32 Å². The summed E-state index contributed by atoms with van der Waals surface area (Å²) in [6.45, 7) is 9.01. The molecule has 0 atom stereocenters. The van der Waals surface area contributed by atoms with Crippen LogP contribution in [-0.4, -0.2) is 24.8 Å². The molecular weight excluding hydrogens is 361 g/mol. The van der Waals surface area contributed by atoms with Crippen LogP contribution < -0.4 is 5.32 Å². The van der Waals surface area contributed by atoms with Crippen LogP contribution in [0.25, 0.3) is 11.1 Å². The van der Waals surface area contributed by atoms with Crippen molar-refractivity contribution in [2.75, 3.05) is 7.11 Å². The number of ether oxygens (including phenoxy) is 2. The largest absolute Gasteiger partial charge is 0.465 e. The van der Waals surface area contributed by atoms with Gasteiger partial charge in [0.2, 0.25) is 0 Å². The van der Waals surface area contributed by atoms with Crippen LogP contribution in [0.15, 0.2) is 30.3 Å². The summed E-state index contributed by atoms with van der Waals surface area (Å²) in [6.07, 6.45) is -0.550. The van der Waals surface area contributed by atoms with E-state index in [9.17, 15) is 14.0 Å². The van der Waals surface area contributed by atoms with Gasteiger partial charge in [-0.1, -0.05) is 0 Å². The summed E-state index contributed by atoms with van der Waals surface area (Å²) in [7, 11) is 1.31. The number of aryl methyl sites for hydroxylation is 2. The van der Waals surface area contributed by atoms with Crippen LogP contribution >= 0.6 is 0 Å². The van der Waals surface area contributed by atoms with Crippen molar-refractivity contribution in [2.45, 2.75) is 46.8 Å². The maximum Gasteiger partial charge on any atom is 0.407 e. The van der Waals surface area contributed by atoms with Gasteiger partial charge >= 0.3 is 12.1 Å². The number of methoxy groups -OCH3 is 1. The number of esters is 1. The van der Waals surface area contributed by atoms with Crippen LogP contribution in [0.1, 0.15) is 47.8 Å². The highest BCUT2D eigenvalue weighted by Crippen LogP contribution is 2.28. The summed E-state index contributed by atoms with van der Waals surface area (Å²) in [4.78, 5) is 24.0. The lowest BCUT2D eigenvalue weighted by Gasteiger charge is -2.20. The highest BCUT2D eigenvalue weighted by molar-refractivity contribution is 5.91. The molecule has 0 bridgehead atoms. The topological polar surface area (TPSA) is 64.6 Å². The van der Waals surface area contributed by atoms with Crippen molar-refractivity contribution in [3.63, 3.8) is 0 Å². The number of halogens is 1. The summed E-state index contributed by atoms with van der Waals surface area (Å²) >= 11 is 0. The second kappa shape index (κ2) is 8.42. The molecule has 150 valence electrons. The molecule has 0 saturated heterocycles. The van der Waals surface area contributed by atoms with Gasteiger partial charge in [-0.3, -0.25) is 0 Å². The van der Waals surface area contributed by atoms with Gasteiger partial charge in [-0.15, -0.1) is 0 Å². The molecule has 0 aliphatic carbocycles. The molecule has 5 nitrogen and oxygen atoms in total. The lowest BCUT2D eigenvalue weighted by atomic mass is 9.95. The smallest absolute Gasteiger partial charge is 0.407 e. The van der Waals surface area contributed by atoms with Crippen LogP contribution in [0.4, 0.5) is 9.18 Å². The number of hydrogen-bond donors (Lipinski definition) is 1. The molecule has 0 radical (unpaired) electrons. The van der Waals surface area contributed by atoms with Gasteiger partial charge in [-0.05, 0) is 92.8 Å². The van der Waals surface area contributed by atoms with Gasteiger partial charge in [0, 0.05) is 6.54 Å². The first kappa shape index (κ1) is 21.4. The Hall–Kier alpha value is -2.89. The first-order valence-corrected chi connectivity index (χ1v) is 8.96. The maximum absolute atomic E-state index is 13.8. The minimum atomic E-state index is -0.605. The predicted molar refractivity (Wildman–Crippen MR) is 106 cm³/mol. The van der Waals surface area contributed by atoms with Crippen LogP contribution in [0, 0.1) is 19.7 Å². The molecule has 0 aliphatic heterocycles. The predicted octanol–water partition coefficient (Wildman–Crippen LogP) is 4.92. The van der Waals surface area contributed by atoms with Crippen molar-refractivity contribution in [2.24, 2.45) is 0 Å². The van der Waals surface area contributed by atoms with E-state index in [0.29, 0.717) is 16.7 Å². The van der Waals surface area contributed by atoms with Gasteiger partial charge in [-0.25, -0.2) is 14.0 Å². The molecule has 1 amide bonds. The molecule has 0 aromatic heterocycles. The number of amides is 1. The minimum absolute atomic E-state index is 0.173. The van der Waals surface area contributed by atoms with Crippen molar-refractivity contribution in [3.8, 4) is 11.1 Å². The number of alkyl carbamates (subject to hydrolysis) is 1.